The zero-order chi connectivity index (χ0) is 27.2. The van der Waals surface area contributed by atoms with Crippen LogP contribution in [0.25, 0.3) is 0 Å². The smallest absolute Gasteiger partial charge is 0.255 e. The Bertz CT molecular complexity index is 1350. The maximum absolute atomic E-state index is 13.1. The number of allylic oxidation sites excluding steroid dienone is 1. The van der Waals surface area contributed by atoms with Crippen molar-refractivity contribution >= 4 is 17.7 Å². The molecule has 34 heavy (non-hydrogen) atoms. The SMILES string of the molecule is [2H]c1c(CN2CCOCC2=O)ccc(C([2H])([2H])Oc2cccc3c2CN(C2CCC(=C)NC2=O)C3=O)c1[2H]. The average molecular weight is 466 g/mol. The van der Waals surface area contributed by atoms with Gasteiger partial charge in [0, 0.05) is 29.9 Å². The highest BCUT2D eigenvalue weighted by molar-refractivity contribution is 6.02. The lowest BCUT2D eigenvalue weighted by Crippen LogP contribution is -2.49. The van der Waals surface area contributed by atoms with Crippen molar-refractivity contribution in [2.24, 2.45) is 0 Å². The monoisotopic (exact) mass is 465 g/mol. The normalized spacial score (nSPS) is 22.5. The zero-order valence-electron chi connectivity index (χ0n) is 22.6. The number of hydrogen-bond donors (Lipinski definition) is 1. The quantitative estimate of drug-likeness (QED) is 0.708. The number of hydrogen-bond acceptors (Lipinski definition) is 5. The predicted molar refractivity (Wildman–Crippen MR) is 124 cm³/mol. The number of nitrogens with one attached hydrogen (secondary N) is 1. The summed E-state index contributed by atoms with van der Waals surface area (Å²) in [4.78, 5) is 40.7. The topological polar surface area (TPSA) is 88.2 Å². The van der Waals surface area contributed by atoms with E-state index in [1.165, 1.54) is 17.0 Å². The van der Waals surface area contributed by atoms with E-state index in [0.717, 1.165) is 0 Å². The van der Waals surface area contributed by atoms with Crippen LogP contribution in [0.1, 0.15) is 45.4 Å². The minimum Gasteiger partial charge on any atom is -0.489 e. The Morgan fingerprint density at radius 2 is 2.03 bits per heavy atom. The van der Waals surface area contributed by atoms with Crippen molar-refractivity contribution in [3.8, 4) is 5.75 Å². The first-order valence-corrected chi connectivity index (χ1v) is 11.1. The van der Waals surface area contributed by atoms with E-state index in [0.29, 0.717) is 48.4 Å². The van der Waals surface area contributed by atoms with Crippen molar-refractivity contribution in [1.29, 1.82) is 0 Å². The molecular weight excluding hydrogens is 434 g/mol. The van der Waals surface area contributed by atoms with Crippen molar-refractivity contribution in [3.05, 3.63) is 76.9 Å². The number of carbonyl (C=O) groups excluding carboxylic acids is 3. The van der Waals surface area contributed by atoms with Crippen LogP contribution in [0.2, 0.25) is 0 Å². The number of piperidine rings is 1. The van der Waals surface area contributed by atoms with E-state index in [-0.39, 0.29) is 60.8 Å². The highest BCUT2D eigenvalue weighted by Gasteiger charge is 2.39. The Morgan fingerprint density at radius 3 is 2.85 bits per heavy atom. The molecular formula is C26H27N3O5. The molecule has 3 aliphatic rings. The van der Waals surface area contributed by atoms with Gasteiger partial charge in [-0.3, -0.25) is 14.4 Å². The van der Waals surface area contributed by atoms with Crippen LogP contribution in [0.5, 0.6) is 5.75 Å². The minimum atomic E-state index is -2.49. The lowest BCUT2D eigenvalue weighted by atomic mass is 10.0. The average Bonchev–Trinajstić information content (AvgIpc) is 3.20. The molecule has 0 spiro atoms. The Kier molecular flexibility index (Phi) is 4.86. The summed E-state index contributed by atoms with van der Waals surface area (Å²) in [7, 11) is 0. The van der Waals surface area contributed by atoms with Gasteiger partial charge in [0.2, 0.25) is 11.8 Å². The van der Waals surface area contributed by atoms with Gasteiger partial charge in [-0.15, -0.1) is 0 Å². The first-order chi connectivity index (χ1) is 18.1. The van der Waals surface area contributed by atoms with Crippen LogP contribution in [0.3, 0.4) is 0 Å². The molecule has 0 aliphatic carbocycles. The van der Waals surface area contributed by atoms with Crippen molar-refractivity contribution < 1.29 is 29.3 Å². The molecule has 3 heterocycles. The third-order valence-corrected chi connectivity index (χ3v) is 6.18. The van der Waals surface area contributed by atoms with E-state index < -0.39 is 12.6 Å². The van der Waals surface area contributed by atoms with Crippen molar-refractivity contribution in [2.45, 2.75) is 38.5 Å². The van der Waals surface area contributed by atoms with E-state index in [9.17, 15) is 14.4 Å². The molecule has 176 valence electrons. The van der Waals surface area contributed by atoms with Crippen LogP contribution in [0.4, 0.5) is 0 Å². The van der Waals surface area contributed by atoms with E-state index >= 15 is 0 Å². The number of ether oxygens (including phenoxy) is 2. The van der Waals surface area contributed by atoms with Gasteiger partial charge in [-0.05, 0) is 36.1 Å². The van der Waals surface area contributed by atoms with Gasteiger partial charge < -0.3 is 24.6 Å². The first-order valence-electron chi connectivity index (χ1n) is 13.1. The largest absolute Gasteiger partial charge is 0.489 e. The summed E-state index contributed by atoms with van der Waals surface area (Å²) in [6, 6.07) is 6.43. The summed E-state index contributed by atoms with van der Waals surface area (Å²) in [5, 5.41) is 2.69. The molecule has 3 aliphatic heterocycles. The Morgan fingerprint density at radius 1 is 1.21 bits per heavy atom. The highest BCUT2D eigenvalue weighted by atomic mass is 16.5. The summed E-state index contributed by atoms with van der Waals surface area (Å²) in [5.74, 6) is -0.726. The summed E-state index contributed by atoms with van der Waals surface area (Å²) < 4.78 is 45.0. The summed E-state index contributed by atoms with van der Waals surface area (Å²) >= 11 is 0. The van der Waals surface area contributed by atoms with Gasteiger partial charge in [0.25, 0.3) is 5.91 Å². The van der Waals surface area contributed by atoms with Crippen molar-refractivity contribution in [1.82, 2.24) is 15.1 Å². The summed E-state index contributed by atoms with van der Waals surface area (Å²) in [5.41, 5.74) is 1.66. The van der Waals surface area contributed by atoms with Gasteiger partial charge in [0.15, 0.2) is 0 Å². The van der Waals surface area contributed by atoms with Crippen molar-refractivity contribution in [2.75, 3.05) is 19.8 Å². The maximum Gasteiger partial charge on any atom is 0.255 e. The van der Waals surface area contributed by atoms with Gasteiger partial charge in [-0.25, -0.2) is 0 Å². The van der Waals surface area contributed by atoms with Gasteiger partial charge in [-0.2, -0.15) is 0 Å². The number of morpholine rings is 1. The van der Waals surface area contributed by atoms with E-state index in [1.807, 2.05) is 0 Å². The molecule has 1 unspecified atom stereocenters. The molecule has 8 nitrogen and oxygen atoms in total. The minimum absolute atomic E-state index is 0.0302. The Labute approximate surface area is 203 Å². The fourth-order valence-electron chi connectivity index (χ4n) is 4.33. The third kappa shape index (κ3) is 4.41. The number of benzene rings is 2. The fraction of sp³-hybridized carbons (Fsp3) is 0.346. The van der Waals surface area contributed by atoms with Crippen LogP contribution in [-0.2, 0) is 34.0 Å². The zero-order valence-corrected chi connectivity index (χ0v) is 18.6. The number of rotatable bonds is 6. The molecule has 5 rings (SSSR count). The third-order valence-electron chi connectivity index (χ3n) is 6.18. The molecule has 0 saturated carbocycles. The molecule has 2 fully saturated rings. The van der Waals surface area contributed by atoms with Gasteiger partial charge in [0.05, 0.1) is 18.6 Å². The molecule has 1 atom stereocenters. The van der Waals surface area contributed by atoms with Crippen LogP contribution < -0.4 is 10.1 Å². The first kappa shape index (κ1) is 17.8. The number of amides is 3. The van der Waals surface area contributed by atoms with E-state index in [1.54, 1.807) is 23.1 Å². The summed E-state index contributed by atoms with van der Waals surface area (Å²) in [6.07, 6.45) is 0.998. The molecule has 0 bridgehead atoms. The second-order valence-electron chi connectivity index (χ2n) is 8.46. The van der Waals surface area contributed by atoms with Crippen LogP contribution in [-0.4, -0.2) is 53.3 Å². The van der Waals surface area contributed by atoms with E-state index in [2.05, 4.69) is 11.9 Å². The standard InChI is InChI=1S/C26H27N3O5/c1-17-5-10-22(25(31)27-17)29-14-21-20(26(29)32)3-2-4-23(21)34-15-19-8-6-18(7-9-19)13-28-11-12-33-16-24(28)30/h2-4,6-9,22H,1,5,10-16H2,(H,27,31)/i6D,8D,15D2. The molecule has 0 aromatic heterocycles. The molecule has 0 radical (unpaired) electrons. The van der Waals surface area contributed by atoms with Gasteiger partial charge in [0.1, 0.15) is 25.0 Å². The summed E-state index contributed by atoms with van der Waals surface area (Å²) in [6.45, 7) is 2.22. The predicted octanol–water partition coefficient (Wildman–Crippen LogP) is 2.37. The second-order valence-corrected chi connectivity index (χ2v) is 8.46. The molecule has 1 N–H and O–H groups in total. The van der Waals surface area contributed by atoms with Crippen molar-refractivity contribution in [3.63, 3.8) is 0 Å². The maximum atomic E-state index is 13.1. The van der Waals surface area contributed by atoms with Crippen LogP contribution in [0.15, 0.2) is 54.7 Å². The lowest BCUT2D eigenvalue weighted by Gasteiger charge is -2.31. The molecule has 8 heteroatoms. The fourth-order valence-corrected chi connectivity index (χ4v) is 4.33. The highest BCUT2D eigenvalue weighted by Crippen LogP contribution is 2.34. The Hall–Kier alpha value is -3.65. The second kappa shape index (κ2) is 9.30. The van der Waals surface area contributed by atoms with Gasteiger partial charge >= 0.3 is 0 Å². The lowest BCUT2D eigenvalue weighted by molar-refractivity contribution is -0.143. The van der Waals surface area contributed by atoms with Crippen LogP contribution in [0, 0.1) is 0 Å². The molecule has 2 aromatic rings. The Balaban J connectivity index is 1.38. The number of fused-ring (bicyclic) bond motifs is 1. The molecule has 2 saturated heterocycles. The molecule has 3 amide bonds. The number of nitrogens with zero attached hydrogens (tertiary/aromatic N) is 2. The van der Waals surface area contributed by atoms with E-state index in [4.69, 9.17) is 15.0 Å². The molecule has 2 aromatic carbocycles. The number of carbonyl (C=O) groups is 3. The van der Waals surface area contributed by atoms with Crippen LogP contribution >= 0.6 is 0 Å². The van der Waals surface area contributed by atoms with Gasteiger partial charge in [-0.1, -0.05) is 36.9 Å².